The van der Waals surface area contributed by atoms with Crippen molar-refractivity contribution >= 4 is 17.5 Å². The van der Waals surface area contributed by atoms with Crippen LogP contribution in [0.1, 0.15) is 24.2 Å². The molecule has 0 aliphatic heterocycles. The summed E-state index contributed by atoms with van der Waals surface area (Å²) in [5.41, 5.74) is 10.6. The second-order valence-electron chi connectivity index (χ2n) is 4.07. The first-order valence-corrected chi connectivity index (χ1v) is 4.81. The van der Waals surface area contributed by atoms with E-state index in [0.717, 1.165) is 0 Å². The van der Waals surface area contributed by atoms with Crippen molar-refractivity contribution in [3.8, 4) is 0 Å². The van der Waals surface area contributed by atoms with Crippen molar-refractivity contribution in [3.05, 3.63) is 29.8 Å². The molecule has 1 aromatic carbocycles. The van der Waals surface area contributed by atoms with Gasteiger partial charge in [-0.1, -0.05) is 0 Å². The molecule has 0 bridgehead atoms. The zero-order chi connectivity index (χ0) is 12.3. The normalized spacial score (nSPS) is 10.9. The van der Waals surface area contributed by atoms with Crippen LogP contribution in [0.4, 0.5) is 5.69 Å². The quantitative estimate of drug-likeness (QED) is 0.638. The zero-order valence-electron chi connectivity index (χ0n) is 9.28. The van der Waals surface area contributed by atoms with Crippen LogP contribution < -0.4 is 16.8 Å². The minimum absolute atomic E-state index is 0.358. The number of rotatable bonds is 3. The summed E-state index contributed by atoms with van der Waals surface area (Å²) in [6, 6.07) is 6.40. The molecule has 5 nitrogen and oxygen atoms in total. The second-order valence-corrected chi connectivity index (χ2v) is 4.07. The minimum atomic E-state index is -1.07. The fraction of sp³-hybridized carbons (Fsp3) is 0.273. The molecular formula is C11H15N3O2. The summed E-state index contributed by atoms with van der Waals surface area (Å²) in [7, 11) is 0. The molecule has 0 saturated carbocycles. The van der Waals surface area contributed by atoms with Crippen LogP contribution in [-0.2, 0) is 4.79 Å². The molecule has 0 atom stereocenters. The minimum Gasteiger partial charge on any atom is -0.399 e. The predicted molar refractivity (Wildman–Crippen MR) is 61.6 cm³/mol. The number of hydrogen-bond acceptors (Lipinski definition) is 3. The summed E-state index contributed by atoms with van der Waals surface area (Å²) in [6.45, 7) is 3.09. The van der Waals surface area contributed by atoms with Gasteiger partial charge in [-0.15, -0.1) is 0 Å². The highest BCUT2D eigenvalue weighted by Gasteiger charge is 2.27. The predicted octanol–water partition coefficient (Wildman–Crippen LogP) is 0.262. The number of amides is 2. The van der Waals surface area contributed by atoms with E-state index in [1.54, 1.807) is 38.1 Å². The van der Waals surface area contributed by atoms with Gasteiger partial charge in [-0.05, 0) is 38.1 Å². The number of benzene rings is 1. The lowest BCUT2D eigenvalue weighted by Crippen LogP contribution is -2.52. The first-order chi connectivity index (χ1) is 7.33. The Morgan fingerprint density at radius 1 is 1.19 bits per heavy atom. The molecule has 0 aliphatic carbocycles. The average molecular weight is 221 g/mol. The van der Waals surface area contributed by atoms with Crippen LogP contribution in [0.3, 0.4) is 0 Å². The standard InChI is InChI=1S/C11H15N3O2/c1-11(2,10(13)16)14-9(15)7-3-5-8(12)6-4-7/h3-6H,12H2,1-2H3,(H2,13,16)(H,14,15). The first kappa shape index (κ1) is 12.0. The van der Waals surface area contributed by atoms with Crippen LogP contribution in [-0.4, -0.2) is 17.4 Å². The van der Waals surface area contributed by atoms with E-state index in [9.17, 15) is 9.59 Å². The Morgan fingerprint density at radius 2 is 1.69 bits per heavy atom. The Kier molecular flexibility index (Phi) is 3.17. The van der Waals surface area contributed by atoms with Crippen molar-refractivity contribution in [2.45, 2.75) is 19.4 Å². The molecule has 0 fully saturated rings. The number of anilines is 1. The Morgan fingerprint density at radius 3 is 2.12 bits per heavy atom. The topological polar surface area (TPSA) is 98.2 Å². The summed E-state index contributed by atoms with van der Waals surface area (Å²) in [5.74, 6) is -0.944. The van der Waals surface area contributed by atoms with Crippen molar-refractivity contribution in [2.75, 3.05) is 5.73 Å². The maximum absolute atomic E-state index is 11.7. The van der Waals surface area contributed by atoms with E-state index in [4.69, 9.17) is 11.5 Å². The average Bonchev–Trinajstić information content (AvgIpc) is 2.17. The smallest absolute Gasteiger partial charge is 0.252 e. The Bertz CT molecular complexity index is 410. The Balaban J connectivity index is 2.81. The summed E-state index contributed by atoms with van der Waals surface area (Å²) in [4.78, 5) is 22.7. The number of carbonyl (C=O) groups excluding carboxylic acids is 2. The zero-order valence-corrected chi connectivity index (χ0v) is 9.28. The van der Waals surface area contributed by atoms with Gasteiger partial charge >= 0.3 is 0 Å². The molecule has 0 radical (unpaired) electrons. The summed E-state index contributed by atoms with van der Waals surface area (Å²) in [5, 5.41) is 2.54. The molecular weight excluding hydrogens is 206 g/mol. The molecule has 1 aromatic rings. The third kappa shape index (κ3) is 2.73. The maximum atomic E-state index is 11.7. The van der Waals surface area contributed by atoms with E-state index >= 15 is 0 Å². The molecule has 86 valence electrons. The molecule has 1 rings (SSSR count). The van der Waals surface area contributed by atoms with Crippen LogP contribution in [0.15, 0.2) is 24.3 Å². The summed E-state index contributed by atoms with van der Waals surface area (Å²) in [6.07, 6.45) is 0. The lowest BCUT2D eigenvalue weighted by Gasteiger charge is -2.22. The van der Waals surface area contributed by atoms with E-state index < -0.39 is 11.4 Å². The van der Waals surface area contributed by atoms with Gasteiger partial charge < -0.3 is 16.8 Å². The maximum Gasteiger partial charge on any atom is 0.252 e. The van der Waals surface area contributed by atoms with E-state index in [1.807, 2.05) is 0 Å². The lowest BCUT2D eigenvalue weighted by atomic mass is 10.0. The first-order valence-electron chi connectivity index (χ1n) is 4.81. The summed E-state index contributed by atoms with van der Waals surface area (Å²) < 4.78 is 0. The van der Waals surface area contributed by atoms with Crippen molar-refractivity contribution in [3.63, 3.8) is 0 Å². The van der Waals surface area contributed by atoms with Gasteiger partial charge in [0.1, 0.15) is 5.54 Å². The molecule has 5 heteroatoms. The van der Waals surface area contributed by atoms with Crippen LogP contribution in [0.5, 0.6) is 0 Å². The van der Waals surface area contributed by atoms with Gasteiger partial charge in [-0.2, -0.15) is 0 Å². The number of carbonyl (C=O) groups is 2. The van der Waals surface area contributed by atoms with Crippen LogP contribution in [0.2, 0.25) is 0 Å². The van der Waals surface area contributed by atoms with Gasteiger partial charge in [0, 0.05) is 11.3 Å². The fourth-order valence-electron chi connectivity index (χ4n) is 1.05. The number of nitrogens with one attached hydrogen (secondary N) is 1. The van der Waals surface area contributed by atoms with E-state index in [1.165, 1.54) is 0 Å². The summed E-state index contributed by atoms with van der Waals surface area (Å²) >= 11 is 0. The van der Waals surface area contributed by atoms with E-state index in [-0.39, 0.29) is 5.91 Å². The molecule has 5 N–H and O–H groups in total. The van der Waals surface area contributed by atoms with Crippen molar-refractivity contribution < 1.29 is 9.59 Å². The second kappa shape index (κ2) is 4.22. The molecule has 0 unspecified atom stereocenters. The van der Waals surface area contributed by atoms with Gasteiger partial charge in [0.25, 0.3) is 5.91 Å². The number of nitrogens with two attached hydrogens (primary N) is 2. The molecule has 0 heterocycles. The highest BCUT2D eigenvalue weighted by atomic mass is 16.2. The monoisotopic (exact) mass is 221 g/mol. The fourth-order valence-corrected chi connectivity index (χ4v) is 1.05. The van der Waals surface area contributed by atoms with Crippen LogP contribution >= 0.6 is 0 Å². The number of hydrogen-bond donors (Lipinski definition) is 3. The van der Waals surface area contributed by atoms with Gasteiger partial charge in [0.15, 0.2) is 0 Å². The molecule has 0 aromatic heterocycles. The Labute approximate surface area is 93.8 Å². The highest BCUT2D eigenvalue weighted by molar-refractivity contribution is 5.98. The molecule has 2 amide bonds. The van der Waals surface area contributed by atoms with Gasteiger partial charge in [-0.25, -0.2) is 0 Å². The number of primary amides is 1. The third-order valence-corrected chi connectivity index (χ3v) is 2.21. The largest absolute Gasteiger partial charge is 0.399 e. The van der Waals surface area contributed by atoms with Crippen molar-refractivity contribution in [1.82, 2.24) is 5.32 Å². The third-order valence-electron chi connectivity index (χ3n) is 2.21. The van der Waals surface area contributed by atoms with Crippen molar-refractivity contribution in [2.24, 2.45) is 5.73 Å². The van der Waals surface area contributed by atoms with Gasteiger partial charge in [-0.3, -0.25) is 9.59 Å². The van der Waals surface area contributed by atoms with Crippen LogP contribution in [0, 0.1) is 0 Å². The van der Waals surface area contributed by atoms with E-state index in [2.05, 4.69) is 5.32 Å². The molecule has 16 heavy (non-hydrogen) atoms. The number of nitrogen functional groups attached to an aromatic ring is 1. The van der Waals surface area contributed by atoms with Gasteiger partial charge in [0.05, 0.1) is 0 Å². The van der Waals surface area contributed by atoms with Crippen molar-refractivity contribution in [1.29, 1.82) is 0 Å². The van der Waals surface area contributed by atoms with Crippen LogP contribution in [0.25, 0.3) is 0 Å². The van der Waals surface area contributed by atoms with E-state index in [0.29, 0.717) is 11.3 Å². The molecule has 0 saturated heterocycles. The lowest BCUT2D eigenvalue weighted by molar-refractivity contribution is -0.122. The highest BCUT2D eigenvalue weighted by Crippen LogP contribution is 2.08. The SMILES string of the molecule is CC(C)(NC(=O)c1ccc(N)cc1)C(N)=O. The molecule has 0 spiro atoms. The Hall–Kier alpha value is -2.04. The molecule has 0 aliphatic rings. The van der Waals surface area contributed by atoms with Gasteiger partial charge in [0.2, 0.25) is 5.91 Å².